The second kappa shape index (κ2) is 6.18. The van der Waals surface area contributed by atoms with Gasteiger partial charge in [0, 0.05) is 24.5 Å². The summed E-state index contributed by atoms with van der Waals surface area (Å²) in [5.41, 5.74) is 2.82. The Hall–Kier alpha value is -1.68. The summed E-state index contributed by atoms with van der Waals surface area (Å²) < 4.78 is 0. The molecule has 1 heterocycles. The van der Waals surface area contributed by atoms with Gasteiger partial charge < -0.3 is 4.90 Å². The molecule has 3 nitrogen and oxygen atoms in total. The van der Waals surface area contributed by atoms with E-state index in [9.17, 15) is 4.79 Å². The number of amides is 1. The minimum atomic E-state index is -0.00619. The Kier molecular flexibility index (Phi) is 4.55. The summed E-state index contributed by atoms with van der Waals surface area (Å²) in [7, 11) is 1.83. The van der Waals surface area contributed by atoms with Crippen LogP contribution in [0, 0.1) is 12.8 Å². The summed E-state index contributed by atoms with van der Waals surface area (Å²) in [4.78, 5) is 18.4. The second-order valence-corrected chi connectivity index (χ2v) is 6.34. The molecule has 0 fully saturated rings. The summed E-state index contributed by atoms with van der Waals surface area (Å²) in [5, 5.41) is 2.74. The Bertz CT molecular complexity index is 587. The van der Waals surface area contributed by atoms with Gasteiger partial charge in [0.05, 0.1) is 0 Å². The van der Waals surface area contributed by atoms with E-state index in [-0.39, 0.29) is 5.91 Å². The molecule has 0 aliphatic rings. The van der Waals surface area contributed by atoms with Crippen molar-refractivity contribution in [3.05, 3.63) is 40.9 Å². The second-order valence-electron chi connectivity index (χ2n) is 5.48. The molecule has 2 rings (SSSR count). The lowest BCUT2D eigenvalue weighted by Crippen LogP contribution is -2.30. The molecule has 0 aliphatic carbocycles. The third kappa shape index (κ3) is 3.45. The molecule has 0 spiro atoms. The van der Waals surface area contributed by atoms with Crippen molar-refractivity contribution in [3.8, 4) is 10.6 Å². The number of rotatable bonds is 4. The van der Waals surface area contributed by atoms with E-state index in [2.05, 4.69) is 37.9 Å². The van der Waals surface area contributed by atoms with Gasteiger partial charge in [0.2, 0.25) is 0 Å². The van der Waals surface area contributed by atoms with Crippen LogP contribution in [0.1, 0.15) is 29.9 Å². The fraction of sp³-hybridized carbons (Fsp3) is 0.375. The Labute approximate surface area is 124 Å². The zero-order valence-corrected chi connectivity index (χ0v) is 13.2. The Morgan fingerprint density at radius 2 is 1.95 bits per heavy atom. The van der Waals surface area contributed by atoms with Crippen LogP contribution in [0.15, 0.2) is 29.6 Å². The van der Waals surface area contributed by atoms with Gasteiger partial charge in [-0.25, -0.2) is 4.98 Å². The standard InChI is InChI=1S/C16H20N2OS/c1-11(2)9-18(4)16(19)14-10-20-15(17-14)13-7-5-12(3)6-8-13/h5-8,10-11H,9H2,1-4H3. The molecule has 1 amide bonds. The van der Waals surface area contributed by atoms with E-state index in [1.165, 1.54) is 16.9 Å². The molecule has 0 unspecified atom stereocenters. The zero-order chi connectivity index (χ0) is 14.7. The predicted molar refractivity (Wildman–Crippen MR) is 84.1 cm³/mol. The Morgan fingerprint density at radius 3 is 2.55 bits per heavy atom. The van der Waals surface area contributed by atoms with Crippen LogP contribution in [-0.2, 0) is 0 Å². The van der Waals surface area contributed by atoms with Gasteiger partial charge in [0.25, 0.3) is 5.91 Å². The molecule has 2 aromatic rings. The quantitative estimate of drug-likeness (QED) is 0.856. The summed E-state index contributed by atoms with van der Waals surface area (Å²) in [6.45, 7) is 7.00. The number of hydrogen-bond donors (Lipinski definition) is 0. The van der Waals surface area contributed by atoms with Crippen molar-refractivity contribution >= 4 is 17.2 Å². The summed E-state index contributed by atoms with van der Waals surface area (Å²) >= 11 is 1.51. The van der Waals surface area contributed by atoms with Crippen LogP contribution >= 0.6 is 11.3 Å². The normalized spacial score (nSPS) is 10.8. The molecule has 4 heteroatoms. The molecule has 0 N–H and O–H groups in total. The Balaban J connectivity index is 2.16. The van der Waals surface area contributed by atoms with E-state index in [1.807, 2.05) is 24.6 Å². The fourth-order valence-corrected chi connectivity index (χ4v) is 2.83. The van der Waals surface area contributed by atoms with Crippen molar-refractivity contribution in [1.29, 1.82) is 0 Å². The van der Waals surface area contributed by atoms with Gasteiger partial charge >= 0.3 is 0 Å². The number of carbonyl (C=O) groups excluding carboxylic acids is 1. The van der Waals surface area contributed by atoms with Gasteiger partial charge in [-0.2, -0.15) is 0 Å². The summed E-state index contributed by atoms with van der Waals surface area (Å²) in [6, 6.07) is 8.20. The average Bonchev–Trinajstić information content (AvgIpc) is 2.87. The Morgan fingerprint density at radius 1 is 1.30 bits per heavy atom. The van der Waals surface area contributed by atoms with Crippen molar-refractivity contribution in [2.45, 2.75) is 20.8 Å². The summed E-state index contributed by atoms with van der Waals surface area (Å²) in [6.07, 6.45) is 0. The van der Waals surface area contributed by atoms with Gasteiger partial charge in [0.15, 0.2) is 0 Å². The van der Waals surface area contributed by atoms with Crippen LogP contribution in [0.25, 0.3) is 10.6 Å². The first-order chi connectivity index (χ1) is 9.47. The number of benzene rings is 1. The maximum Gasteiger partial charge on any atom is 0.273 e. The minimum Gasteiger partial charge on any atom is -0.340 e. The highest BCUT2D eigenvalue weighted by atomic mass is 32.1. The van der Waals surface area contributed by atoms with Crippen LogP contribution in [0.3, 0.4) is 0 Å². The van der Waals surface area contributed by atoms with Crippen LogP contribution in [-0.4, -0.2) is 29.4 Å². The lowest BCUT2D eigenvalue weighted by Gasteiger charge is -2.17. The van der Waals surface area contributed by atoms with Crippen LogP contribution in [0.5, 0.6) is 0 Å². The van der Waals surface area contributed by atoms with Crippen molar-refractivity contribution < 1.29 is 4.79 Å². The van der Waals surface area contributed by atoms with E-state index in [4.69, 9.17) is 0 Å². The van der Waals surface area contributed by atoms with Crippen LogP contribution in [0.4, 0.5) is 0 Å². The molecule has 0 bridgehead atoms. The molecule has 1 aromatic carbocycles. The average molecular weight is 288 g/mol. The van der Waals surface area contributed by atoms with Gasteiger partial charge in [-0.05, 0) is 12.8 Å². The van der Waals surface area contributed by atoms with E-state index < -0.39 is 0 Å². The lowest BCUT2D eigenvalue weighted by atomic mass is 10.2. The van der Waals surface area contributed by atoms with Crippen molar-refractivity contribution in [2.75, 3.05) is 13.6 Å². The first-order valence-corrected chi connectivity index (χ1v) is 7.63. The number of hydrogen-bond acceptors (Lipinski definition) is 3. The van der Waals surface area contributed by atoms with E-state index in [1.54, 1.807) is 4.90 Å². The maximum absolute atomic E-state index is 12.2. The largest absolute Gasteiger partial charge is 0.340 e. The fourth-order valence-electron chi connectivity index (χ4n) is 2.03. The maximum atomic E-state index is 12.2. The topological polar surface area (TPSA) is 33.2 Å². The first kappa shape index (κ1) is 14.7. The monoisotopic (exact) mass is 288 g/mol. The molecule has 1 aromatic heterocycles. The van der Waals surface area contributed by atoms with Crippen molar-refractivity contribution in [1.82, 2.24) is 9.88 Å². The van der Waals surface area contributed by atoms with E-state index in [0.717, 1.165) is 17.1 Å². The highest BCUT2D eigenvalue weighted by Crippen LogP contribution is 2.24. The molecule has 0 saturated carbocycles. The lowest BCUT2D eigenvalue weighted by molar-refractivity contribution is 0.0774. The van der Waals surface area contributed by atoms with E-state index >= 15 is 0 Å². The van der Waals surface area contributed by atoms with Gasteiger partial charge in [-0.3, -0.25) is 4.79 Å². The molecule has 0 atom stereocenters. The van der Waals surface area contributed by atoms with Crippen molar-refractivity contribution in [2.24, 2.45) is 5.92 Å². The van der Waals surface area contributed by atoms with Gasteiger partial charge in [-0.15, -0.1) is 11.3 Å². The number of carbonyl (C=O) groups is 1. The molecule has 0 radical (unpaired) electrons. The molecular formula is C16H20N2OS. The molecule has 106 valence electrons. The first-order valence-electron chi connectivity index (χ1n) is 6.75. The molecule has 20 heavy (non-hydrogen) atoms. The number of aryl methyl sites for hydroxylation is 1. The third-order valence-corrected chi connectivity index (χ3v) is 3.90. The van der Waals surface area contributed by atoms with E-state index in [0.29, 0.717) is 11.6 Å². The number of thiazole rings is 1. The van der Waals surface area contributed by atoms with Crippen molar-refractivity contribution in [3.63, 3.8) is 0 Å². The SMILES string of the molecule is Cc1ccc(-c2nc(C(=O)N(C)CC(C)C)cs2)cc1. The minimum absolute atomic E-state index is 0.00619. The van der Waals surface area contributed by atoms with Gasteiger partial charge in [-0.1, -0.05) is 43.7 Å². The highest BCUT2D eigenvalue weighted by molar-refractivity contribution is 7.13. The smallest absolute Gasteiger partial charge is 0.273 e. The van der Waals surface area contributed by atoms with Gasteiger partial charge in [0.1, 0.15) is 10.7 Å². The summed E-state index contributed by atoms with van der Waals surface area (Å²) in [5.74, 6) is 0.451. The predicted octanol–water partition coefficient (Wildman–Crippen LogP) is 3.85. The molecule has 0 aliphatic heterocycles. The molecule has 0 saturated heterocycles. The number of nitrogens with zero attached hydrogens (tertiary/aromatic N) is 2. The third-order valence-electron chi connectivity index (χ3n) is 3.01. The van der Waals surface area contributed by atoms with Crippen LogP contribution in [0.2, 0.25) is 0 Å². The van der Waals surface area contributed by atoms with Crippen LogP contribution < -0.4 is 0 Å². The molecular weight excluding hydrogens is 268 g/mol. The number of aromatic nitrogens is 1. The zero-order valence-electron chi connectivity index (χ0n) is 12.4. The highest BCUT2D eigenvalue weighted by Gasteiger charge is 2.16.